The van der Waals surface area contributed by atoms with Gasteiger partial charge in [-0.15, -0.1) is 23.1 Å². The van der Waals surface area contributed by atoms with Gasteiger partial charge in [-0.25, -0.2) is 4.98 Å². The van der Waals surface area contributed by atoms with Gasteiger partial charge in [0.2, 0.25) is 11.8 Å². The lowest BCUT2D eigenvalue weighted by atomic mass is 9.92. The third-order valence-electron chi connectivity index (χ3n) is 5.30. The molecule has 2 atom stereocenters. The van der Waals surface area contributed by atoms with Gasteiger partial charge in [0.05, 0.1) is 17.2 Å². The van der Waals surface area contributed by atoms with Crippen LogP contribution in [-0.4, -0.2) is 46.3 Å². The largest absolute Gasteiger partial charge is 0.341 e. The first-order valence-electron chi connectivity index (χ1n) is 10.5. The average Bonchev–Trinajstić information content (AvgIpc) is 3.15. The van der Waals surface area contributed by atoms with E-state index in [2.05, 4.69) is 62.3 Å². The van der Waals surface area contributed by atoms with Crippen molar-refractivity contribution in [2.75, 3.05) is 29.9 Å². The lowest BCUT2D eigenvalue weighted by molar-refractivity contribution is -0.130. The molecule has 2 heterocycles. The molecule has 3 rings (SSSR count). The summed E-state index contributed by atoms with van der Waals surface area (Å²) >= 11 is 2.78. The summed E-state index contributed by atoms with van der Waals surface area (Å²) in [5.74, 6) is 2.20. The predicted octanol–water partition coefficient (Wildman–Crippen LogP) is 5.11. The van der Waals surface area contributed by atoms with Crippen molar-refractivity contribution in [3.05, 3.63) is 35.2 Å². The van der Waals surface area contributed by atoms with Crippen LogP contribution in [0.25, 0.3) is 11.3 Å². The molecule has 1 aromatic heterocycles. The van der Waals surface area contributed by atoms with Gasteiger partial charge in [0, 0.05) is 24.0 Å². The fourth-order valence-corrected chi connectivity index (χ4v) is 5.30. The van der Waals surface area contributed by atoms with Crippen LogP contribution in [0.5, 0.6) is 0 Å². The standard InChI is InChI=1S/C23H31N3O2S2/c1-15(2)18-5-7-19(8-6-18)20-12-30-23(24-20)25-21(27)13-29-14-22(28)26-10-16(3)9-17(4)11-26/h5-8,12,15-17H,9-11,13-14H2,1-4H3,(H,24,25,27). The molecule has 162 valence electrons. The Morgan fingerprint density at radius 3 is 2.47 bits per heavy atom. The van der Waals surface area contributed by atoms with Crippen LogP contribution in [0, 0.1) is 11.8 Å². The van der Waals surface area contributed by atoms with E-state index in [1.807, 2.05) is 10.3 Å². The molecular weight excluding hydrogens is 414 g/mol. The Morgan fingerprint density at radius 1 is 1.17 bits per heavy atom. The van der Waals surface area contributed by atoms with Crippen molar-refractivity contribution in [2.24, 2.45) is 11.8 Å². The molecule has 0 aliphatic carbocycles. The quantitative estimate of drug-likeness (QED) is 0.643. The Labute approximate surface area is 187 Å². The van der Waals surface area contributed by atoms with Crippen LogP contribution >= 0.6 is 23.1 Å². The molecule has 1 aromatic carbocycles. The zero-order valence-electron chi connectivity index (χ0n) is 18.2. The molecule has 0 bridgehead atoms. The minimum Gasteiger partial charge on any atom is -0.341 e. The maximum Gasteiger partial charge on any atom is 0.236 e. The zero-order valence-corrected chi connectivity index (χ0v) is 19.8. The number of nitrogens with zero attached hydrogens (tertiary/aromatic N) is 2. The Kier molecular flexibility index (Phi) is 7.94. The summed E-state index contributed by atoms with van der Waals surface area (Å²) in [6.07, 6.45) is 1.18. The fourth-order valence-electron chi connectivity index (χ4n) is 3.85. The van der Waals surface area contributed by atoms with Crippen LogP contribution in [-0.2, 0) is 9.59 Å². The average molecular weight is 446 g/mol. The normalized spacial score (nSPS) is 19.2. The topological polar surface area (TPSA) is 62.3 Å². The molecule has 0 radical (unpaired) electrons. The highest BCUT2D eigenvalue weighted by Gasteiger charge is 2.25. The van der Waals surface area contributed by atoms with Gasteiger partial charge >= 0.3 is 0 Å². The van der Waals surface area contributed by atoms with Crippen molar-refractivity contribution in [2.45, 2.75) is 40.0 Å². The number of hydrogen-bond acceptors (Lipinski definition) is 5. The molecule has 1 N–H and O–H groups in total. The summed E-state index contributed by atoms with van der Waals surface area (Å²) in [6.45, 7) is 10.4. The second kappa shape index (κ2) is 10.4. The molecular formula is C23H31N3O2S2. The molecule has 0 spiro atoms. The number of thioether (sulfide) groups is 1. The molecule has 30 heavy (non-hydrogen) atoms. The lowest BCUT2D eigenvalue weighted by Crippen LogP contribution is -2.43. The van der Waals surface area contributed by atoms with Crippen LogP contribution in [0.1, 0.15) is 45.6 Å². The predicted molar refractivity (Wildman–Crippen MR) is 127 cm³/mol. The number of rotatable bonds is 7. The van der Waals surface area contributed by atoms with Crippen molar-refractivity contribution in [1.82, 2.24) is 9.88 Å². The highest BCUT2D eigenvalue weighted by Crippen LogP contribution is 2.27. The minimum atomic E-state index is -0.121. The first kappa shape index (κ1) is 22.8. The number of carbonyl (C=O) groups excluding carboxylic acids is 2. The second-order valence-electron chi connectivity index (χ2n) is 8.60. The number of carbonyl (C=O) groups is 2. The highest BCUT2D eigenvalue weighted by atomic mass is 32.2. The van der Waals surface area contributed by atoms with Gasteiger partial charge in [-0.3, -0.25) is 9.59 Å². The fraction of sp³-hybridized carbons (Fsp3) is 0.522. The molecule has 2 aromatic rings. The van der Waals surface area contributed by atoms with E-state index in [-0.39, 0.29) is 17.6 Å². The number of amides is 2. The van der Waals surface area contributed by atoms with Gasteiger partial charge in [-0.2, -0.15) is 0 Å². The maximum absolute atomic E-state index is 12.4. The van der Waals surface area contributed by atoms with E-state index >= 15 is 0 Å². The van der Waals surface area contributed by atoms with Crippen molar-refractivity contribution < 1.29 is 9.59 Å². The van der Waals surface area contributed by atoms with Crippen LogP contribution < -0.4 is 5.32 Å². The summed E-state index contributed by atoms with van der Waals surface area (Å²) in [4.78, 5) is 31.1. The number of hydrogen-bond donors (Lipinski definition) is 1. The third-order valence-corrected chi connectivity index (χ3v) is 6.98. The molecule has 1 aliphatic rings. The SMILES string of the molecule is CC1CC(C)CN(C(=O)CSCC(=O)Nc2nc(-c3ccc(C(C)C)cc3)cs2)C1. The van der Waals surface area contributed by atoms with Gasteiger partial charge in [0.15, 0.2) is 5.13 Å². The monoisotopic (exact) mass is 445 g/mol. The van der Waals surface area contributed by atoms with Gasteiger partial charge in [0.1, 0.15) is 0 Å². The molecule has 7 heteroatoms. The van der Waals surface area contributed by atoms with Crippen molar-refractivity contribution in [3.8, 4) is 11.3 Å². The van der Waals surface area contributed by atoms with E-state index in [9.17, 15) is 9.59 Å². The van der Waals surface area contributed by atoms with E-state index in [0.29, 0.717) is 28.6 Å². The van der Waals surface area contributed by atoms with Crippen LogP contribution in [0.15, 0.2) is 29.6 Å². The first-order valence-corrected chi connectivity index (χ1v) is 12.6. The molecule has 1 aliphatic heterocycles. The molecule has 2 unspecified atom stereocenters. The first-order chi connectivity index (χ1) is 14.3. The van der Waals surface area contributed by atoms with Crippen molar-refractivity contribution >= 4 is 40.0 Å². The lowest BCUT2D eigenvalue weighted by Gasteiger charge is -2.35. The molecule has 1 fully saturated rings. The summed E-state index contributed by atoms with van der Waals surface area (Å²) in [5.41, 5.74) is 3.20. The number of aromatic nitrogens is 1. The minimum absolute atomic E-state index is 0.121. The summed E-state index contributed by atoms with van der Waals surface area (Å²) in [5, 5.41) is 5.40. The van der Waals surface area contributed by atoms with E-state index in [0.717, 1.165) is 24.3 Å². The van der Waals surface area contributed by atoms with Gasteiger partial charge < -0.3 is 10.2 Å². The van der Waals surface area contributed by atoms with E-state index in [1.165, 1.54) is 35.1 Å². The molecule has 5 nitrogen and oxygen atoms in total. The maximum atomic E-state index is 12.4. The van der Waals surface area contributed by atoms with E-state index in [4.69, 9.17) is 0 Å². The van der Waals surface area contributed by atoms with Crippen molar-refractivity contribution in [1.29, 1.82) is 0 Å². The second-order valence-corrected chi connectivity index (χ2v) is 10.4. The smallest absolute Gasteiger partial charge is 0.236 e. The summed E-state index contributed by atoms with van der Waals surface area (Å²) < 4.78 is 0. The molecule has 1 saturated heterocycles. The van der Waals surface area contributed by atoms with Crippen molar-refractivity contribution in [3.63, 3.8) is 0 Å². The molecule has 0 saturated carbocycles. The Bertz CT molecular complexity index is 854. The van der Waals surface area contributed by atoms with E-state index < -0.39 is 0 Å². The number of piperidine rings is 1. The number of anilines is 1. The van der Waals surface area contributed by atoms with Crippen LogP contribution in [0.3, 0.4) is 0 Å². The molecule has 2 amide bonds. The van der Waals surface area contributed by atoms with E-state index in [1.54, 1.807) is 0 Å². The third kappa shape index (κ3) is 6.32. The van der Waals surface area contributed by atoms with Gasteiger partial charge in [-0.1, -0.05) is 52.0 Å². The number of benzene rings is 1. The Balaban J connectivity index is 1.45. The number of likely N-dealkylation sites (tertiary alicyclic amines) is 1. The highest BCUT2D eigenvalue weighted by molar-refractivity contribution is 8.00. The summed E-state index contributed by atoms with van der Waals surface area (Å²) in [7, 11) is 0. The number of nitrogens with one attached hydrogen (secondary N) is 1. The zero-order chi connectivity index (χ0) is 21.7. The van der Waals surface area contributed by atoms with Gasteiger partial charge in [-0.05, 0) is 29.7 Å². The van der Waals surface area contributed by atoms with Crippen LogP contribution in [0.4, 0.5) is 5.13 Å². The summed E-state index contributed by atoms with van der Waals surface area (Å²) in [6, 6.07) is 8.38. The Hall–Kier alpha value is -1.86. The van der Waals surface area contributed by atoms with Gasteiger partial charge in [0.25, 0.3) is 0 Å². The Morgan fingerprint density at radius 2 is 1.83 bits per heavy atom. The van der Waals surface area contributed by atoms with Crippen LogP contribution in [0.2, 0.25) is 0 Å². The number of thiazole rings is 1.